The van der Waals surface area contributed by atoms with Crippen LogP contribution < -0.4 is 20.7 Å². The number of rotatable bonds is 9. The number of nitrogens with one attached hydrogen (secondary N) is 3. The molecular formula is C23H29FN4O2. The first-order valence-electron chi connectivity index (χ1n) is 10.3. The lowest BCUT2D eigenvalue weighted by Crippen LogP contribution is -2.40. The highest BCUT2D eigenvalue weighted by atomic mass is 19.1. The van der Waals surface area contributed by atoms with Crippen molar-refractivity contribution in [2.45, 2.75) is 32.1 Å². The van der Waals surface area contributed by atoms with Gasteiger partial charge in [-0.2, -0.15) is 0 Å². The molecule has 0 heterocycles. The van der Waals surface area contributed by atoms with E-state index in [1.165, 1.54) is 13.0 Å². The van der Waals surface area contributed by atoms with Gasteiger partial charge in [0.25, 0.3) is 0 Å². The summed E-state index contributed by atoms with van der Waals surface area (Å²) in [4.78, 5) is 15.8. The molecule has 0 aliphatic heterocycles. The monoisotopic (exact) mass is 412 g/mol. The molecular weight excluding hydrogens is 383 g/mol. The number of ether oxygens (including phenoxy) is 1. The molecule has 160 valence electrons. The van der Waals surface area contributed by atoms with Gasteiger partial charge in [-0.1, -0.05) is 24.3 Å². The van der Waals surface area contributed by atoms with E-state index in [4.69, 9.17) is 4.74 Å². The third kappa shape index (κ3) is 5.95. The summed E-state index contributed by atoms with van der Waals surface area (Å²) in [5, 5.41) is 9.21. The first-order valence-corrected chi connectivity index (χ1v) is 10.3. The van der Waals surface area contributed by atoms with Crippen LogP contribution in [0.4, 0.5) is 10.1 Å². The summed E-state index contributed by atoms with van der Waals surface area (Å²) in [6, 6.07) is 14.2. The van der Waals surface area contributed by atoms with Crippen LogP contribution in [0, 0.1) is 5.82 Å². The maximum absolute atomic E-state index is 14.2. The van der Waals surface area contributed by atoms with E-state index in [1.807, 2.05) is 37.3 Å². The number of carbonyl (C=O) groups is 1. The van der Waals surface area contributed by atoms with E-state index >= 15 is 0 Å². The molecule has 0 unspecified atom stereocenters. The topological polar surface area (TPSA) is 74.8 Å². The zero-order valence-corrected chi connectivity index (χ0v) is 17.5. The summed E-state index contributed by atoms with van der Waals surface area (Å²) in [6.45, 7) is 5.75. The molecule has 3 N–H and O–H groups in total. The van der Waals surface area contributed by atoms with E-state index in [2.05, 4.69) is 20.9 Å². The molecule has 7 heteroatoms. The van der Waals surface area contributed by atoms with E-state index < -0.39 is 0 Å². The Balaban J connectivity index is 1.51. The minimum atomic E-state index is -0.186. The van der Waals surface area contributed by atoms with Gasteiger partial charge in [-0.15, -0.1) is 0 Å². The van der Waals surface area contributed by atoms with Crippen molar-refractivity contribution in [1.29, 1.82) is 0 Å². The molecule has 0 radical (unpaired) electrons. The molecule has 6 nitrogen and oxygen atoms in total. The second-order valence-corrected chi connectivity index (χ2v) is 7.44. The quantitative estimate of drug-likeness (QED) is 0.335. The summed E-state index contributed by atoms with van der Waals surface area (Å²) < 4.78 is 19.9. The SMILES string of the molecule is CCNC(=NCC1(c2ccccc2F)CC1)NCCOc1cccc(NC(C)=O)c1. The van der Waals surface area contributed by atoms with Crippen molar-refractivity contribution in [3.05, 3.63) is 59.9 Å². The van der Waals surface area contributed by atoms with Crippen molar-refractivity contribution in [2.75, 3.05) is 31.6 Å². The number of hydrogen-bond donors (Lipinski definition) is 3. The number of hydrogen-bond acceptors (Lipinski definition) is 3. The predicted octanol–water partition coefficient (Wildman–Crippen LogP) is 3.45. The van der Waals surface area contributed by atoms with Gasteiger partial charge in [0, 0.05) is 30.6 Å². The lowest BCUT2D eigenvalue weighted by atomic mass is 9.95. The number of benzene rings is 2. The molecule has 1 amide bonds. The van der Waals surface area contributed by atoms with Gasteiger partial charge in [0.15, 0.2) is 5.96 Å². The third-order valence-electron chi connectivity index (χ3n) is 5.00. The number of nitrogens with zero attached hydrogens (tertiary/aromatic N) is 1. The second kappa shape index (κ2) is 10.1. The highest BCUT2D eigenvalue weighted by molar-refractivity contribution is 5.88. The molecule has 0 saturated heterocycles. The summed E-state index contributed by atoms with van der Waals surface area (Å²) in [5.74, 6) is 1.10. The maximum Gasteiger partial charge on any atom is 0.221 e. The van der Waals surface area contributed by atoms with Crippen molar-refractivity contribution >= 4 is 17.6 Å². The van der Waals surface area contributed by atoms with Crippen molar-refractivity contribution < 1.29 is 13.9 Å². The van der Waals surface area contributed by atoms with Crippen LogP contribution in [0.15, 0.2) is 53.5 Å². The molecule has 2 aromatic rings. The van der Waals surface area contributed by atoms with Gasteiger partial charge >= 0.3 is 0 Å². The number of halogens is 1. The summed E-state index contributed by atoms with van der Waals surface area (Å²) in [7, 11) is 0. The Labute approximate surface area is 176 Å². The molecule has 2 aromatic carbocycles. The maximum atomic E-state index is 14.2. The first kappa shape index (κ1) is 21.6. The Morgan fingerprint density at radius 2 is 1.97 bits per heavy atom. The molecule has 1 aliphatic rings. The minimum absolute atomic E-state index is 0.121. The largest absolute Gasteiger partial charge is 0.492 e. The molecule has 0 atom stereocenters. The lowest BCUT2D eigenvalue weighted by molar-refractivity contribution is -0.114. The highest BCUT2D eigenvalue weighted by Gasteiger charge is 2.45. The smallest absolute Gasteiger partial charge is 0.221 e. The molecule has 30 heavy (non-hydrogen) atoms. The number of carbonyl (C=O) groups excluding carboxylic acids is 1. The van der Waals surface area contributed by atoms with Crippen LogP contribution in [0.5, 0.6) is 5.75 Å². The second-order valence-electron chi connectivity index (χ2n) is 7.44. The van der Waals surface area contributed by atoms with Gasteiger partial charge in [0.05, 0.1) is 13.1 Å². The van der Waals surface area contributed by atoms with Gasteiger partial charge in [-0.3, -0.25) is 9.79 Å². The summed E-state index contributed by atoms with van der Waals surface area (Å²) in [6.07, 6.45) is 1.90. The zero-order chi connectivity index (χ0) is 21.4. The number of aliphatic imine (C=N–C) groups is 1. The van der Waals surface area contributed by atoms with E-state index in [1.54, 1.807) is 12.1 Å². The van der Waals surface area contributed by atoms with Gasteiger partial charge in [0.1, 0.15) is 18.2 Å². The van der Waals surface area contributed by atoms with Crippen LogP contribution in [0.25, 0.3) is 0 Å². The van der Waals surface area contributed by atoms with Gasteiger partial charge in [-0.05, 0) is 43.5 Å². The molecule has 1 fully saturated rings. The van der Waals surface area contributed by atoms with Crippen molar-refractivity contribution in [3.63, 3.8) is 0 Å². The van der Waals surface area contributed by atoms with E-state index in [-0.39, 0.29) is 17.1 Å². The van der Waals surface area contributed by atoms with Gasteiger partial charge < -0.3 is 20.7 Å². The van der Waals surface area contributed by atoms with Crippen molar-refractivity contribution in [3.8, 4) is 5.75 Å². The average Bonchev–Trinajstić information content (AvgIpc) is 3.50. The predicted molar refractivity (Wildman–Crippen MR) is 118 cm³/mol. The third-order valence-corrected chi connectivity index (χ3v) is 5.00. The van der Waals surface area contributed by atoms with Crippen LogP contribution in [0.1, 0.15) is 32.3 Å². The number of anilines is 1. The fourth-order valence-electron chi connectivity index (χ4n) is 3.33. The molecule has 0 spiro atoms. The molecule has 1 aliphatic carbocycles. The molecule has 3 rings (SSSR count). The van der Waals surface area contributed by atoms with Crippen LogP contribution in [0.3, 0.4) is 0 Å². The number of guanidine groups is 1. The Hall–Kier alpha value is -3.09. The lowest BCUT2D eigenvalue weighted by Gasteiger charge is -2.16. The molecule has 0 aromatic heterocycles. The van der Waals surface area contributed by atoms with Crippen molar-refractivity contribution in [1.82, 2.24) is 10.6 Å². The van der Waals surface area contributed by atoms with Gasteiger partial charge in [0.2, 0.25) is 5.91 Å². The van der Waals surface area contributed by atoms with Gasteiger partial charge in [-0.25, -0.2) is 4.39 Å². The fraction of sp³-hybridized carbons (Fsp3) is 0.391. The first-order chi connectivity index (χ1) is 14.5. The van der Waals surface area contributed by atoms with E-state index in [0.717, 1.165) is 24.9 Å². The van der Waals surface area contributed by atoms with E-state index in [0.29, 0.717) is 37.1 Å². The van der Waals surface area contributed by atoms with E-state index in [9.17, 15) is 9.18 Å². The minimum Gasteiger partial charge on any atom is -0.492 e. The van der Waals surface area contributed by atoms with Crippen LogP contribution >= 0.6 is 0 Å². The molecule has 1 saturated carbocycles. The summed E-state index contributed by atoms with van der Waals surface area (Å²) >= 11 is 0. The van der Waals surface area contributed by atoms with Crippen LogP contribution in [0.2, 0.25) is 0 Å². The molecule has 0 bridgehead atoms. The Kier molecular flexibility index (Phi) is 7.27. The summed E-state index contributed by atoms with van der Waals surface area (Å²) in [5.41, 5.74) is 1.27. The van der Waals surface area contributed by atoms with Crippen molar-refractivity contribution in [2.24, 2.45) is 4.99 Å². The standard InChI is InChI=1S/C23H29FN4O2/c1-3-25-22(27-16-23(11-12-23)20-9-4-5-10-21(20)24)26-13-14-30-19-8-6-7-18(15-19)28-17(2)29/h4-10,15H,3,11-14,16H2,1-2H3,(H,28,29)(H2,25,26,27). The highest BCUT2D eigenvalue weighted by Crippen LogP contribution is 2.49. The normalized spacial score (nSPS) is 14.7. The average molecular weight is 413 g/mol. The number of amides is 1. The fourth-order valence-corrected chi connectivity index (χ4v) is 3.33. The van der Waals surface area contributed by atoms with Crippen LogP contribution in [-0.2, 0) is 10.2 Å². The Morgan fingerprint density at radius 1 is 1.17 bits per heavy atom. The Morgan fingerprint density at radius 3 is 2.67 bits per heavy atom. The zero-order valence-electron chi connectivity index (χ0n) is 17.5. The van der Waals surface area contributed by atoms with Crippen LogP contribution in [-0.4, -0.2) is 38.1 Å². The Bertz CT molecular complexity index is 896.